The van der Waals surface area contributed by atoms with Crippen molar-refractivity contribution in [2.45, 2.75) is 0 Å². The Morgan fingerprint density at radius 2 is 1.21 bits per heavy atom. The molecule has 0 aromatic heterocycles. The van der Waals surface area contributed by atoms with Gasteiger partial charge in [0.05, 0.1) is 9.85 Å². The van der Waals surface area contributed by atoms with Crippen LogP contribution in [0.5, 0.6) is 0 Å². The van der Waals surface area contributed by atoms with Gasteiger partial charge < -0.3 is 11.5 Å². The molecule has 0 heterocycles. The second-order valence-corrected chi connectivity index (χ2v) is 5.65. The van der Waals surface area contributed by atoms with Crippen molar-refractivity contribution >= 4 is 51.5 Å². The third kappa shape index (κ3) is 3.39. The number of nitrogen functional groups attached to an aromatic ring is 2. The molecule has 10 heteroatoms. The quantitative estimate of drug-likeness (QED) is 0.477. The standard InChI is InChI=1S/C14H10Cl2N4O4/c15-14(16)13(7-1-3-9(17)11(5-7)19(21)22)8-2-4-10(18)12(6-8)20(23)24/h1-6H,17-18H2. The van der Waals surface area contributed by atoms with Gasteiger partial charge in [0.15, 0.2) is 0 Å². The molecule has 2 rings (SSSR count). The lowest BCUT2D eigenvalue weighted by atomic mass is 9.98. The molecule has 0 radical (unpaired) electrons. The van der Waals surface area contributed by atoms with Crippen molar-refractivity contribution in [2.24, 2.45) is 0 Å². The highest BCUT2D eigenvalue weighted by atomic mass is 35.5. The molecule has 0 aliphatic heterocycles. The van der Waals surface area contributed by atoms with Crippen molar-refractivity contribution in [2.75, 3.05) is 11.5 Å². The van der Waals surface area contributed by atoms with Crippen LogP contribution >= 0.6 is 23.2 Å². The van der Waals surface area contributed by atoms with Crippen molar-refractivity contribution in [1.82, 2.24) is 0 Å². The molecule has 0 saturated heterocycles. The first-order valence-corrected chi connectivity index (χ1v) is 7.11. The molecule has 0 unspecified atom stereocenters. The Morgan fingerprint density at radius 1 is 0.833 bits per heavy atom. The van der Waals surface area contributed by atoms with E-state index in [4.69, 9.17) is 34.7 Å². The molecule has 2 aromatic rings. The summed E-state index contributed by atoms with van der Waals surface area (Å²) in [6, 6.07) is 8.00. The first kappa shape index (κ1) is 17.5. The van der Waals surface area contributed by atoms with E-state index in [2.05, 4.69) is 0 Å². The topological polar surface area (TPSA) is 138 Å². The van der Waals surface area contributed by atoms with Gasteiger partial charge >= 0.3 is 0 Å². The Hall–Kier alpha value is -2.84. The second-order valence-electron chi connectivity index (χ2n) is 4.70. The highest BCUT2D eigenvalue weighted by Gasteiger charge is 2.20. The lowest BCUT2D eigenvalue weighted by molar-refractivity contribution is -0.384. The number of halogens is 2. The number of benzene rings is 2. The lowest BCUT2D eigenvalue weighted by Crippen LogP contribution is -2.00. The molecular weight excluding hydrogens is 359 g/mol. The highest BCUT2D eigenvalue weighted by molar-refractivity contribution is 6.59. The summed E-state index contributed by atoms with van der Waals surface area (Å²) in [7, 11) is 0. The summed E-state index contributed by atoms with van der Waals surface area (Å²) in [6.45, 7) is 0. The Morgan fingerprint density at radius 3 is 1.50 bits per heavy atom. The van der Waals surface area contributed by atoms with Gasteiger partial charge in [0, 0.05) is 17.7 Å². The lowest BCUT2D eigenvalue weighted by Gasteiger charge is -2.10. The van der Waals surface area contributed by atoms with Gasteiger partial charge in [-0.05, 0) is 23.3 Å². The van der Waals surface area contributed by atoms with Crippen molar-refractivity contribution in [3.05, 3.63) is 72.2 Å². The number of nitro groups is 2. The molecule has 2 aromatic carbocycles. The summed E-state index contributed by atoms with van der Waals surface area (Å²) in [5, 5.41) is 22.1. The largest absolute Gasteiger partial charge is 0.393 e. The van der Waals surface area contributed by atoms with E-state index in [1.807, 2.05) is 0 Å². The monoisotopic (exact) mass is 368 g/mol. The maximum atomic E-state index is 11.0. The van der Waals surface area contributed by atoms with Gasteiger partial charge in [0.2, 0.25) is 0 Å². The summed E-state index contributed by atoms with van der Waals surface area (Å²) in [6.07, 6.45) is 0. The maximum Gasteiger partial charge on any atom is 0.292 e. The third-order valence-electron chi connectivity index (χ3n) is 3.22. The maximum absolute atomic E-state index is 11.0. The van der Waals surface area contributed by atoms with Crippen molar-refractivity contribution in [3.63, 3.8) is 0 Å². The van der Waals surface area contributed by atoms with Crippen LogP contribution in [0.1, 0.15) is 11.1 Å². The van der Waals surface area contributed by atoms with Crippen LogP contribution in [-0.2, 0) is 0 Å². The molecule has 0 bridgehead atoms. The molecule has 124 valence electrons. The molecule has 0 aliphatic carbocycles. The zero-order valence-corrected chi connectivity index (χ0v) is 13.4. The van der Waals surface area contributed by atoms with Crippen molar-refractivity contribution in [1.29, 1.82) is 0 Å². The molecule has 8 nitrogen and oxygen atoms in total. The molecular formula is C14H10Cl2N4O4. The predicted octanol–water partition coefficient (Wildman–Crippen LogP) is 3.86. The minimum Gasteiger partial charge on any atom is -0.393 e. The summed E-state index contributed by atoms with van der Waals surface area (Å²) < 4.78 is -0.215. The number of hydrogen-bond acceptors (Lipinski definition) is 6. The van der Waals surface area contributed by atoms with Crippen molar-refractivity contribution < 1.29 is 9.85 Å². The Balaban J connectivity index is 2.67. The fraction of sp³-hybridized carbons (Fsp3) is 0. The smallest absolute Gasteiger partial charge is 0.292 e. The van der Waals surface area contributed by atoms with Crippen LogP contribution in [0.15, 0.2) is 40.9 Å². The van der Waals surface area contributed by atoms with Crippen LogP contribution in [0.2, 0.25) is 0 Å². The van der Waals surface area contributed by atoms with Gasteiger partial charge in [-0.25, -0.2) is 0 Å². The normalized spacial score (nSPS) is 10.2. The molecule has 0 fully saturated rings. The molecule has 24 heavy (non-hydrogen) atoms. The number of hydrogen-bond donors (Lipinski definition) is 2. The molecule has 0 spiro atoms. The van der Waals surface area contributed by atoms with E-state index >= 15 is 0 Å². The zero-order valence-electron chi connectivity index (χ0n) is 11.9. The van der Waals surface area contributed by atoms with Gasteiger partial charge in [-0.1, -0.05) is 35.3 Å². The van der Waals surface area contributed by atoms with E-state index < -0.39 is 9.85 Å². The van der Waals surface area contributed by atoms with Crippen LogP contribution in [-0.4, -0.2) is 9.85 Å². The highest BCUT2D eigenvalue weighted by Crippen LogP contribution is 2.36. The SMILES string of the molecule is Nc1ccc(C(=C(Cl)Cl)c2ccc(N)c([N+](=O)[O-])c2)cc1[N+](=O)[O-]. The summed E-state index contributed by atoms with van der Waals surface area (Å²) in [5.74, 6) is 0. The molecule has 4 N–H and O–H groups in total. The summed E-state index contributed by atoms with van der Waals surface area (Å²) >= 11 is 11.8. The average molecular weight is 369 g/mol. The van der Waals surface area contributed by atoms with Crippen LogP contribution in [0, 0.1) is 20.2 Å². The minimum atomic E-state index is -0.649. The summed E-state index contributed by atoms with van der Waals surface area (Å²) in [5.41, 5.74) is 11.2. The number of nitrogens with zero attached hydrogens (tertiary/aromatic N) is 2. The first-order valence-electron chi connectivity index (χ1n) is 6.36. The molecule has 0 aliphatic rings. The van der Waals surface area contributed by atoms with Gasteiger partial charge in [0.1, 0.15) is 15.9 Å². The number of nitrogens with two attached hydrogens (primary N) is 2. The van der Waals surface area contributed by atoms with E-state index in [1.54, 1.807) is 0 Å². The van der Waals surface area contributed by atoms with Crippen LogP contribution < -0.4 is 11.5 Å². The second kappa shape index (κ2) is 6.73. The van der Waals surface area contributed by atoms with E-state index in [0.717, 1.165) is 0 Å². The van der Waals surface area contributed by atoms with Crippen molar-refractivity contribution in [3.8, 4) is 0 Å². The van der Waals surface area contributed by atoms with Crippen LogP contribution in [0.3, 0.4) is 0 Å². The fourth-order valence-electron chi connectivity index (χ4n) is 2.10. The Bertz CT molecular complexity index is 814. The number of anilines is 2. The van der Waals surface area contributed by atoms with Gasteiger partial charge in [-0.2, -0.15) is 0 Å². The molecule has 0 amide bonds. The first-order chi connectivity index (χ1) is 11.2. The number of rotatable bonds is 4. The fourth-order valence-corrected chi connectivity index (χ4v) is 2.54. The van der Waals surface area contributed by atoms with Gasteiger partial charge in [0.25, 0.3) is 11.4 Å². The van der Waals surface area contributed by atoms with E-state index in [9.17, 15) is 20.2 Å². The average Bonchev–Trinajstić information content (AvgIpc) is 2.49. The van der Waals surface area contributed by atoms with E-state index in [1.165, 1.54) is 36.4 Å². The van der Waals surface area contributed by atoms with E-state index in [-0.39, 0.29) is 43.9 Å². The predicted molar refractivity (Wildman–Crippen MR) is 92.7 cm³/mol. The Labute approximate surface area is 145 Å². The summed E-state index contributed by atoms with van der Waals surface area (Å²) in [4.78, 5) is 20.8. The van der Waals surface area contributed by atoms with Crippen LogP contribution in [0.4, 0.5) is 22.7 Å². The van der Waals surface area contributed by atoms with Crippen LogP contribution in [0.25, 0.3) is 5.57 Å². The number of nitro benzene ring substituents is 2. The molecule has 0 saturated carbocycles. The van der Waals surface area contributed by atoms with E-state index in [0.29, 0.717) is 0 Å². The van der Waals surface area contributed by atoms with Gasteiger partial charge in [-0.3, -0.25) is 20.2 Å². The minimum absolute atomic E-state index is 0.0305. The molecule has 0 atom stereocenters. The van der Waals surface area contributed by atoms with Gasteiger partial charge in [-0.15, -0.1) is 0 Å². The third-order valence-corrected chi connectivity index (χ3v) is 3.60. The Kier molecular flexibility index (Phi) is 4.91. The zero-order chi connectivity index (χ0) is 18.0.